The molecule has 1 aliphatic rings. The number of hydrogen-bond acceptors (Lipinski definition) is 8. The van der Waals surface area contributed by atoms with Crippen molar-refractivity contribution in [3.05, 3.63) is 33.1 Å². The number of hydrogen-bond donors (Lipinski definition) is 1. The number of esters is 1. The van der Waals surface area contributed by atoms with Crippen molar-refractivity contribution >= 4 is 18.0 Å². The van der Waals surface area contributed by atoms with E-state index >= 15 is 4.39 Å². The first kappa shape index (κ1) is 33.0. The van der Waals surface area contributed by atoms with Crippen molar-refractivity contribution in [2.45, 2.75) is 96.2 Å². The van der Waals surface area contributed by atoms with E-state index < -0.39 is 41.8 Å². The van der Waals surface area contributed by atoms with E-state index in [2.05, 4.69) is 6.92 Å². The minimum absolute atomic E-state index is 0.0824. The molecule has 0 aromatic carbocycles. The number of rotatable bonds is 16. The molecule has 0 bridgehead atoms. The molecule has 0 spiro atoms. The number of nitrogens with zero attached hydrogens (tertiary/aromatic N) is 3. The van der Waals surface area contributed by atoms with Crippen LogP contribution in [-0.4, -0.2) is 89.5 Å². The summed E-state index contributed by atoms with van der Waals surface area (Å²) in [6, 6.07) is 1.08. The molecule has 2 amide bonds. The van der Waals surface area contributed by atoms with Crippen molar-refractivity contribution in [1.29, 1.82) is 0 Å². The molecule has 4 atom stereocenters. The van der Waals surface area contributed by atoms with Gasteiger partial charge in [-0.3, -0.25) is 23.9 Å². The normalized spacial score (nSPS) is 20.2. The standard InChI is InChI=1S/C27H43FN4O8/c1-5-7-15-31(4)27(37)38-18-11-9-8-10-16-30(3)21(34)12-13-22(35)40-24-19(6-2)39-25(23(24)28)32-17-14-20(33)29-26(32)36/h14,17,19,23-25H,5-13,15-16,18H2,1-4H3,(H,29,33,36)/t19-,23?,24+,25-/m1/s1. The molecule has 1 aromatic rings. The average molecular weight is 571 g/mol. The maximum absolute atomic E-state index is 15.2. The SMILES string of the molecule is CCCCN(C)C(=O)OCCCCCCN(C)C(=O)CCC(=O)O[C@@H]1C(F)[C@H](n2ccc(=O)[nH]c2=O)O[C@@H]1CC. The highest BCUT2D eigenvalue weighted by molar-refractivity contribution is 5.81. The first-order valence-corrected chi connectivity index (χ1v) is 14.0. The summed E-state index contributed by atoms with van der Waals surface area (Å²) in [5, 5.41) is 0. The zero-order valence-electron chi connectivity index (χ0n) is 23.9. The van der Waals surface area contributed by atoms with Crippen LogP contribution in [-0.2, 0) is 23.8 Å². The number of unbranched alkanes of at least 4 members (excludes halogenated alkanes) is 4. The number of nitrogens with one attached hydrogen (secondary N) is 1. The van der Waals surface area contributed by atoms with E-state index in [1.54, 1.807) is 30.8 Å². The Labute approximate surface area is 233 Å². The molecule has 1 aromatic heterocycles. The number of carbonyl (C=O) groups excluding carboxylic acids is 3. The van der Waals surface area contributed by atoms with E-state index in [0.29, 0.717) is 26.1 Å². The maximum atomic E-state index is 15.2. The van der Waals surface area contributed by atoms with Gasteiger partial charge in [-0.2, -0.15) is 0 Å². The second-order valence-corrected chi connectivity index (χ2v) is 10.0. The van der Waals surface area contributed by atoms with Gasteiger partial charge in [-0.25, -0.2) is 14.0 Å². The number of H-pyrrole nitrogens is 1. The van der Waals surface area contributed by atoms with Crippen molar-refractivity contribution in [2.75, 3.05) is 33.8 Å². The lowest BCUT2D eigenvalue weighted by Gasteiger charge is -2.20. The highest BCUT2D eigenvalue weighted by Gasteiger charge is 2.48. The summed E-state index contributed by atoms with van der Waals surface area (Å²) in [4.78, 5) is 65.2. The Kier molecular flexibility index (Phi) is 13.8. The smallest absolute Gasteiger partial charge is 0.409 e. The zero-order valence-corrected chi connectivity index (χ0v) is 23.9. The largest absolute Gasteiger partial charge is 0.456 e. The fourth-order valence-electron chi connectivity index (χ4n) is 4.31. The summed E-state index contributed by atoms with van der Waals surface area (Å²) in [6.45, 7) is 5.35. The summed E-state index contributed by atoms with van der Waals surface area (Å²) in [7, 11) is 3.38. The highest BCUT2D eigenvalue weighted by atomic mass is 19.1. The Morgan fingerprint density at radius 1 is 1.02 bits per heavy atom. The summed E-state index contributed by atoms with van der Waals surface area (Å²) < 4.78 is 32.3. The molecular weight excluding hydrogens is 527 g/mol. The van der Waals surface area contributed by atoms with Crippen LogP contribution < -0.4 is 11.2 Å². The molecule has 0 aliphatic carbocycles. The number of amides is 2. The van der Waals surface area contributed by atoms with Crippen LogP contribution in [0.1, 0.15) is 77.9 Å². The van der Waals surface area contributed by atoms with Crippen LogP contribution in [0.4, 0.5) is 9.18 Å². The quantitative estimate of drug-likeness (QED) is 0.236. The molecule has 0 saturated carbocycles. The van der Waals surface area contributed by atoms with Crippen molar-refractivity contribution in [3.8, 4) is 0 Å². The number of aromatic amines is 1. The molecule has 1 N–H and O–H groups in total. The van der Waals surface area contributed by atoms with Crippen molar-refractivity contribution in [2.24, 2.45) is 0 Å². The number of halogens is 1. The second kappa shape index (κ2) is 16.8. The van der Waals surface area contributed by atoms with Crippen molar-refractivity contribution in [3.63, 3.8) is 0 Å². The van der Waals surface area contributed by atoms with Crippen LogP contribution in [0.25, 0.3) is 0 Å². The number of ether oxygens (including phenoxy) is 3. The van der Waals surface area contributed by atoms with Gasteiger partial charge in [-0.1, -0.05) is 26.7 Å². The van der Waals surface area contributed by atoms with Gasteiger partial charge >= 0.3 is 17.8 Å². The van der Waals surface area contributed by atoms with E-state index in [1.165, 1.54) is 0 Å². The van der Waals surface area contributed by atoms with Crippen LogP contribution in [0.15, 0.2) is 21.9 Å². The molecule has 2 heterocycles. The molecule has 40 heavy (non-hydrogen) atoms. The second-order valence-electron chi connectivity index (χ2n) is 10.0. The fraction of sp³-hybridized carbons (Fsp3) is 0.741. The molecular formula is C27H43FN4O8. The van der Waals surface area contributed by atoms with Crippen LogP contribution >= 0.6 is 0 Å². The van der Waals surface area contributed by atoms with Gasteiger partial charge in [0.2, 0.25) is 5.91 Å². The number of aromatic nitrogens is 2. The van der Waals surface area contributed by atoms with Crippen molar-refractivity contribution in [1.82, 2.24) is 19.4 Å². The van der Waals surface area contributed by atoms with Crippen LogP contribution in [0, 0.1) is 0 Å². The Hall–Kier alpha value is -3.22. The lowest BCUT2D eigenvalue weighted by Crippen LogP contribution is -2.37. The molecule has 1 fully saturated rings. The van der Waals surface area contributed by atoms with Crippen LogP contribution in [0.5, 0.6) is 0 Å². The van der Waals surface area contributed by atoms with Gasteiger partial charge in [0.25, 0.3) is 5.56 Å². The Morgan fingerprint density at radius 2 is 1.73 bits per heavy atom. The lowest BCUT2D eigenvalue weighted by molar-refractivity contribution is -0.155. The van der Waals surface area contributed by atoms with Gasteiger partial charge in [-0.15, -0.1) is 0 Å². The summed E-state index contributed by atoms with van der Waals surface area (Å²) in [6.07, 6.45) is 0.821. The number of carbonyl (C=O) groups is 3. The van der Waals surface area contributed by atoms with E-state index in [-0.39, 0.29) is 24.8 Å². The van der Waals surface area contributed by atoms with Gasteiger partial charge in [0.1, 0.15) is 6.10 Å². The van der Waals surface area contributed by atoms with Crippen LogP contribution in [0.2, 0.25) is 0 Å². The van der Waals surface area contributed by atoms with E-state index in [9.17, 15) is 24.0 Å². The third-order valence-electron chi connectivity index (χ3n) is 6.80. The van der Waals surface area contributed by atoms with Gasteiger partial charge < -0.3 is 24.0 Å². The predicted molar refractivity (Wildman–Crippen MR) is 145 cm³/mol. The summed E-state index contributed by atoms with van der Waals surface area (Å²) in [5.41, 5.74) is -1.45. The molecule has 2 rings (SSSR count). The van der Waals surface area contributed by atoms with E-state index in [0.717, 1.165) is 55.4 Å². The van der Waals surface area contributed by atoms with Gasteiger partial charge in [0.15, 0.2) is 18.5 Å². The third-order valence-corrected chi connectivity index (χ3v) is 6.80. The van der Waals surface area contributed by atoms with Crippen molar-refractivity contribution < 1.29 is 33.0 Å². The molecule has 13 heteroatoms. The Morgan fingerprint density at radius 3 is 2.40 bits per heavy atom. The number of alkyl halides is 1. The minimum Gasteiger partial charge on any atom is -0.456 e. The van der Waals surface area contributed by atoms with E-state index in [4.69, 9.17) is 14.2 Å². The van der Waals surface area contributed by atoms with Gasteiger partial charge in [-0.05, 0) is 32.1 Å². The average Bonchev–Trinajstić information content (AvgIpc) is 3.23. The van der Waals surface area contributed by atoms with E-state index in [1.807, 2.05) is 4.98 Å². The first-order chi connectivity index (χ1) is 19.1. The minimum atomic E-state index is -1.83. The Balaban J connectivity index is 1.67. The molecule has 12 nitrogen and oxygen atoms in total. The highest BCUT2D eigenvalue weighted by Crippen LogP contribution is 2.34. The fourth-order valence-corrected chi connectivity index (χ4v) is 4.31. The molecule has 1 aliphatic heterocycles. The maximum Gasteiger partial charge on any atom is 0.409 e. The van der Waals surface area contributed by atoms with Gasteiger partial charge in [0, 0.05) is 45.9 Å². The topological polar surface area (TPSA) is 140 Å². The molecule has 1 unspecified atom stereocenters. The molecule has 0 radical (unpaired) electrons. The Bertz CT molecular complexity index is 1080. The zero-order chi connectivity index (χ0) is 29.7. The predicted octanol–water partition coefficient (Wildman–Crippen LogP) is 2.76. The summed E-state index contributed by atoms with van der Waals surface area (Å²) in [5.74, 6) is -0.967. The molecule has 226 valence electrons. The van der Waals surface area contributed by atoms with Crippen LogP contribution in [0.3, 0.4) is 0 Å². The molecule has 1 saturated heterocycles. The summed E-state index contributed by atoms with van der Waals surface area (Å²) >= 11 is 0. The lowest BCUT2D eigenvalue weighted by atomic mass is 10.1. The third kappa shape index (κ3) is 10.1. The first-order valence-electron chi connectivity index (χ1n) is 14.0. The monoisotopic (exact) mass is 570 g/mol. The van der Waals surface area contributed by atoms with Gasteiger partial charge in [0.05, 0.1) is 13.0 Å².